The molecule has 0 radical (unpaired) electrons. The predicted octanol–water partition coefficient (Wildman–Crippen LogP) is 5.90. The quantitative estimate of drug-likeness (QED) is 0.548. The van der Waals surface area contributed by atoms with Crippen molar-refractivity contribution >= 4 is 44.1 Å². The van der Waals surface area contributed by atoms with E-state index in [1.54, 1.807) is 0 Å². The lowest BCUT2D eigenvalue weighted by Gasteiger charge is -2.13. The third-order valence-electron chi connectivity index (χ3n) is 4.42. The number of hydrogen-bond donors (Lipinski definition) is 1. The van der Waals surface area contributed by atoms with E-state index in [0.717, 1.165) is 39.7 Å². The van der Waals surface area contributed by atoms with Crippen LogP contribution in [0, 0.1) is 5.92 Å². The molecule has 6 heteroatoms. The highest BCUT2D eigenvalue weighted by Gasteiger charge is 2.27. The van der Waals surface area contributed by atoms with Gasteiger partial charge < -0.3 is 10.1 Å². The number of nitrogens with one attached hydrogen (secondary N) is 1. The fraction of sp³-hybridized carbons (Fsp3) is 0.400. The molecular weight excluding hydrogens is 414 g/mol. The van der Waals surface area contributed by atoms with E-state index in [2.05, 4.69) is 21.2 Å². The molecule has 0 aliphatic carbocycles. The van der Waals surface area contributed by atoms with E-state index in [1.807, 2.05) is 45.0 Å². The summed E-state index contributed by atoms with van der Waals surface area (Å²) in [6, 6.07) is 7.81. The minimum atomic E-state index is -0.432. The number of rotatable bonds is 7. The Labute approximate surface area is 167 Å². The summed E-state index contributed by atoms with van der Waals surface area (Å²) in [5.74, 6) is -0.547. The van der Waals surface area contributed by atoms with Gasteiger partial charge in [-0.2, -0.15) is 0 Å². The van der Waals surface area contributed by atoms with Crippen LogP contribution in [0.15, 0.2) is 28.7 Å². The first-order valence-corrected chi connectivity index (χ1v) is 10.4. The van der Waals surface area contributed by atoms with Gasteiger partial charge >= 0.3 is 5.97 Å². The third kappa shape index (κ3) is 4.35. The molecule has 0 spiro atoms. The Morgan fingerprint density at radius 3 is 2.27 bits per heavy atom. The summed E-state index contributed by atoms with van der Waals surface area (Å²) in [6.07, 6.45) is 2.30. The Kier molecular flexibility index (Phi) is 7.41. The summed E-state index contributed by atoms with van der Waals surface area (Å²) in [4.78, 5) is 26.2. The molecule has 140 valence electrons. The maximum atomic E-state index is 12.6. The van der Waals surface area contributed by atoms with Gasteiger partial charge in [0.15, 0.2) is 0 Å². The van der Waals surface area contributed by atoms with E-state index in [4.69, 9.17) is 4.74 Å². The SMILES string of the molecule is CCc1sc(NC(=O)C(CC)CC)c(C(=O)OC)c1-c1ccc(Br)cc1. The molecule has 2 rings (SSSR count). The predicted molar refractivity (Wildman–Crippen MR) is 111 cm³/mol. The Balaban J connectivity index is 2.57. The standard InChI is InChI=1S/C20H24BrNO3S/c1-5-12(6-2)18(23)22-19-17(20(24)25-4)16(15(7-3)26-19)13-8-10-14(21)11-9-13/h8-12H,5-7H2,1-4H3,(H,22,23). The van der Waals surface area contributed by atoms with Crippen molar-refractivity contribution in [1.29, 1.82) is 0 Å². The Bertz CT molecular complexity index is 779. The summed E-state index contributed by atoms with van der Waals surface area (Å²) in [5, 5.41) is 3.55. The molecule has 0 atom stereocenters. The molecule has 0 saturated carbocycles. The van der Waals surface area contributed by atoms with E-state index in [9.17, 15) is 9.59 Å². The van der Waals surface area contributed by atoms with E-state index in [1.165, 1.54) is 18.4 Å². The molecule has 1 heterocycles. The van der Waals surface area contributed by atoms with Gasteiger partial charge in [-0.15, -0.1) is 11.3 Å². The molecule has 0 aliphatic heterocycles. The van der Waals surface area contributed by atoms with Crippen LogP contribution >= 0.6 is 27.3 Å². The number of hydrogen-bond acceptors (Lipinski definition) is 4. The highest BCUT2D eigenvalue weighted by atomic mass is 79.9. The molecule has 26 heavy (non-hydrogen) atoms. The molecule has 0 unspecified atom stereocenters. The molecule has 1 N–H and O–H groups in total. The molecule has 0 aliphatic rings. The Hall–Kier alpha value is -1.66. The van der Waals surface area contributed by atoms with Gasteiger partial charge in [0.05, 0.1) is 7.11 Å². The first-order chi connectivity index (χ1) is 12.5. The topological polar surface area (TPSA) is 55.4 Å². The molecule has 0 bridgehead atoms. The maximum absolute atomic E-state index is 12.6. The number of carbonyl (C=O) groups excluding carboxylic acids is 2. The number of benzene rings is 1. The van der Waals surface area contributed by atoms with Crippen LogP contribution in [-0.4, -0.2) is 19.0 Å². The van der Waals surface area contributed by atoms with Gasteiger partial charge in [0, 0.05) is 20.8 Å². The highest BCUT2D eigenvalue weighted by Crippen LogP contribution is 2.41. The second-order valence-electron chi connectivity index (χ2n) is 5.96. The zero-order chi connectivity index (χ0) is 19.3. The summed E-state index contributed by atoms with van der Waals surface area (Å²) in [6.45, 7) is 6.03. The van der Waals surface area contributed by atoms with E-state index in [0.29, 0.717) is 10.6 Å². The van der Waals surface area contributed by atoms with Crippen LogP contribution in [0.2, 0.25) is 0 Å². The van der Waals surface area contributed by atoms with Gasteiger partial charge in [0.1, 0.15) is 10.6 Å². The summed E-state index contributed by atoms with van der Waals surface area (Å²) in [7, 11) is 1.36. The number of ether oxygens (including phenoxy) is 1. The Morgan fingerprint density at radius 2 is 1.77 bits per heavy atom. The second kappa shape index (κ2) is 9.33. The lowest BCUT2D eigenvalue weighted by Crippen LogP contribution is -2.22. The summed E-state index contributed by atoms with van der Waals surface area (Å²) in [5.41, 5.74) is 2.22. The van der Waals surface area contributed by atoms with Crippen LogP contribution in [0.1, 0.15) is 48.8 Å². The normalized spacial score (nSPS) is 10.8. The monoisotopic (exact) mass is 437 g/mol. The number of esters is 1. The van der Waals surface area contributed by atoms with Crippen molar-refractivity contribution in [3.05, 3.63) is 39.2 Å². The van der Waals surface area contributed by atoms with Crippen molar-refractivity contribution in [2.75, 3.05) is 12.4 Å². The average Bonchev–Trinajstić information content (AvgIpc) is 3.00. The van der Waals surface area contributed by atoms with Crippen molar-refractivity contribution in [3.8, 4) is 11.1 Å². The van der Waals surface area contributed by atoms with Crippen LogP contribution in [0.5, 0.6) is 0 Å². The van der Waals surface area contributed by atoms with Crippen molar-refractivity contribution in [2.45, 2.75) is 40.0 Å². The largest absolute Gasteiger partial charge is 0.465 e. The van der Waals surface area contributed by atoms with Crippen molar-refractivity contribution < 1.29 is 14.3 Å². The van der Waals surface area contributed by atoms with Crippen molar-refractivity contribution in [1.82, 2.24) is 0 Å². The first-order valence-electron chi connectivity index (χ1n) is 8.77. The summed E-state index contributed by atoms with van der Waals surface area (Å²) < 4.78 is 5.99. The fourth-order valence-electron chi connectivity index (χ4n) is 2.91. The van der Waals surface area contributed by atoms with Crippen LogP contribution in [0.25, 0.3) is 11.1 Å². The maximum Gasteiger partial charge on any atom is 0.341 e. The van der Waals surface area contributed by atoms with Crippen LogP contribution < -0.4 is 5.32 Å². The molecule has 0 fully saturated rings. The van der Waals surface area contributed by atoms with Gasteiger partial charge in [0.2, 0.25) is 5.91 Å². The van der Waals surface area contributed by atoms with Gasteiger partial charge in [-0.1, -0.05) is 48.8 Å². The number of aryl methyl sites for hydroxylation is 1. The second-order valence-corrected chi connectivity index (χ2v) is 7.98. The zero-order valence-corrected chi connectivity index (χ0v) is 17.9. The Morgan fingerprint density at radius 1 is 1.15 bits per heavy atom. The molecule has 2 aromatic rings. The lowest BCUT2D eigenvalue weighted by molar-refractivity contribution is -0.120. The molecule has 1 amide bonds. The number of methoxy groups -OCH3 is 1. The van der Waals surface area contributed by atoms with Crippen molar-refractivity contribution in [3.63, 3.8) is 0 Å². The number of thiophene rings is 1. The molecule has 1 aromatic heterocycles. The van der Waals surface area contributed by atoms with Crippen molar-refractivity contribution in [2.24, 2.45) is 5.92 Å². The molecular formula is C20H24BrNO3S. The molecule has 0 saturated heterocycles. The number of amides is 1. The smallest absolute Gasteiger partial charge is 0.341 e. The average molecular weight is 438 g/mol. The van der Waals surface area contributed by atoms with Gasteiger partial charge in [-0.3, -0.25) is 4.79 Å². The zero-order valence-electron chi connectivity index (χ0n) is 15.5. The molecule has 1 aromatic carbocycles. The van der Waals surface area contributed by atoms with Crippen LogP contribution in [0.3, 0.4) is 0 Å². The minimum absolute atomic E-state index is 0.0496. The van der Waals surface area contributed by atoms with Crippen LogP contribution in [-0.2, 0) is 16.0 Å². The van der Waals surface area contributed by atoms with Crippen LogP contribution in [0.4, 0.5) is 5.00 Å². The minimum Gasteiger partial charge on any atom is -0.465 e. The summed E-state index contributed by atoms with van der Waals surface area (Å²) >= 11 is 4.89. The van der Waals surface area contributed by atoms with E-state index >= 15 is 0 Å². The number of carbonyl (C=O) groups is 2. The first kappa shape index (κ1) is 20.6. The lowest BCUT2D eigenvalue weighted by atomic mass is 9.99. The number of anilines is 1. The van der Waals surface area contributed by atoms with E-state index in [-0.39, 0.29) is 11.8 Å². The van der Waals surface area contributed by atoms with Gasteiger partial charge in [-0.25, -0.2) is 4.79 Å². The third-order valence-corrected chi connectivity index (χ3v) is 6.20. The van der Waals surface area contributed by atoms with Gasteiger partial charge in [-0.05, 0) is 37.0 Å². The fourth-order valence-corrected chi connectivity index (χ4v) is 4.32. The van der Waals surface area contributed by atoms with Gasteiger partial charge in [0.25, 0.3) is 0 Å². The number of halogens is 1. The van der Waals surface area contributed by atoms with E-state index < -0.39 is 5.97 Å². The molecule has 4 nitrogen and oxygen atoms in total. The highest BCUT2D eigenvalue weighted by molar-refractivity contribution is 9.10.